The van der Waals surface area contributed by atoms with Crippen LogP contribution in [0.2, 0.25) is 0 Å². The Morgan fingerprint density at radius 1 is 1.00 bits per heavy atom. The van der Waals surface area contributed by atoms with E-state index in [-0.39, 0.29) is 22.3 Å². The first kappa shape index (κ1) is 15.5. The van der Waals surface area contributed by atoms with Gasteiger partial charge in [0.1, 0.15) is 0 Å². The lowest BCUT2D eigenvalue weighted by Crippen LogP contribution is -2.58. The maximum atomic E-state index is 12.7. The Morgan fingerprint density at radius 2 is 1.44 bits per heavy atom. The van der Waals surface area contributed by atoms with E-state index in [2.05, 4.69) is 39.5 Å². The zero-order chi connectivity index (χ0) is 14.4. The predicted octanol–water partition coefficient (Wildman–Crippen LogP) is 4.10. The van der Waals surface area contributed by atoms with Gasteiger partial charge in [0, 0.05) is 17.5 Å². The molecule has 18 heavy (non-hydrogen) atoms. The minimum absolute atomic E-state index is 0.0861. The monoisotopic (exact) mass is 253 g/mol. The Hall–Kier alpha value is -0.530. The highest BCUT2D eigenvalue weighted by molar-refractivity contribution is 5.82. The van der Waals surface area contributed by atoms with Crippen LogP contribution in [-0.2, 0) is 4.79 Å². The van der Waals surface area contributed by atoms with E-state index in [1.807, 2.05) is 20.8 Å². The summed E-state index contributed by atoms with van der Waals surface area (Å²) in [6, 6.07) is 0. The smallest absolute Gasteiger partial charge is 0.228 e. The van der Waals surface area contributed by atoms with Crippen molar-refractivity contribution >= 4 is 5.91 Å². The molecule has 1 fully saturated rings. The van der Waals surface area contributed by atoms with E-state index in [0.717, 1.165) is 12.5 Å². The summed E-state index contributed by atoms with van der Waals surface area (Å²) in [6.07, 6.45) is 2.57. The molecule has 0 aromatic heterocycles. The number of carbonyl (C=O) groups excluding carboxylic acids is 1. The molecular formula is C16H31NO. The SMILES string of the molecule is CC(C)(C)C(=O)N(CC1CC1)C(C)(C)C(C)(C)C. The van der Waals surface area contributed by atoms with Crippen LogP contribution in [0.1, 0.15) is 68.2 Å². The third kappa shape index (κ3) is 3.27. The maximum Gasteiger partial charge on any atom is 0.228 e. The summed E-state index contributed by atoms with van der Waals surface area (Å²) in [5, 5.41) is 0. The van der Waals surface area contributed by atoms with E-state index in [1.54, 1.807) is 0 Å². The first-order valence-electron chi connectivity index (χ1n) is 7.19. The molecule has 1 rings (SSSR count). The van der Waals surface area contributed by atoms with Crippen LogP contribution in [-0.4, -0.2) is 22.9 Å². The zero-order valence-corrected chi connectivity index (χ0v) is 13.6. The molecule has 0 atom stereocenters. The number of rotatable bonds is 3. The van der Waals surface area contributed by atoms with E-state index in [0.29, 0.717) is 0 Å². The van der Waals surface area contributed by atoms with Crippen LogP contribution in [0, 0.1) is 16.7 Å². The van der Waals surface area contributed by atoms with Crippen LogP contribution in [0.4, 0.5) is 0 Å². The normalized spacial score (nSPS) is 17.8. The van der Waals surface area contributed by atoms with E-state index >= 15 is 0 Å². The predicted molar refractivity (Wildman–Crippen MR) is 77.4 cm³/mol. The summed E-state index contributed by atoms with van der Waals surface area (Å²) in [4.78, 5) is 14.9. The second-order valence-electron chi connectivity index (χ2n) is 8.42. The van der Waals surface area contributed by atoms with Gasteiger partial charge >= 0.3 is 0 Å². The summed E-state index contributed by atoms with van der Waals surface area (Å²) in [7, 11) is 0. The van der Waals surface area contributed by atoms with Crippen molar-refractivity contribution in [2.24, 2.45) is 16.7 Å². The highest BCUT2D eigenvalue weighted by Gasteiger charge is 2.45. The molecule has 1 amide bonds. The van der Waals surface area contributed by atoms with Gasteiger partial charge < -0.3 is 4.90 Å². The van der Waals surface area contributed by atoms with Gasteiger partial charge in [-0.05, 0) is 38.0 Å². The third-order valence-electron chi connectivity index (χ3n) is 4.53. The van der Waals surface area contributed by atoms with Crippen LogP contribution in [0.3, 0.4) is 0 Å². The molecule has 1 saturated carbocycles. The zero-order valence-electron chi connectivity index (χ0n) is 13.6. The van der Waals surface area contributed by atoms with Crippen molar-refractivity contribution in [3.63, 3.8) is 0 Å². The molecule has 2 heteroatoms. The van der Waals surface area contributed by atoms with E-state index in [1.165, 1.54) is 12.8 Å². The number of nitrogens with zero attached hydrogens (tertiary/aromatic N) is 1. The van der Waals surface area contributed by atoms with Gasteiger partial charge in [-0.3, -0.25) is 4.79 Å². The van der Waals surface area contributed by atoms with E-state index in [4.69, 9.17) is 0 Å². The molecule has 0 aromatic carbocycles. The van der Waals surface area contributed by atoms with E-state index in [9.17, 15) is 4.79 Å². The Balaban J connectivity index is 3.01. The number of hydrogen-bond acceptors (Lipinski definition) is 1. The maximum absolute atomic E-state index is 12.7. The van der Waals surface area contributed by atoms with E-state index < -0.39 is 0 Å². The highest BCUT2D eigenvalue weighted by atomic mass is 16.2. The topological polar surface area (TPSA) is 20.3 Å². The van der Waals surface area contributed by atoms with Crippen molar-refractivity contribution in [1.82, 2.24) is 4.90 Å². The number of hydrogen-bond donors (Lipinski definition) is 0. The van der Waals surface area contributed by atoms with Gasteiger partial charge in [-0.25, -0.2) is 0 Å². The van der Waals surface area contributed by atoms with Crippen molar-refractivity contribution in [3.05, 3.63) is 0 Å². The lowest BCUT2D eigenvalue weighted by Gasteiger charge is -2.49. The fourth-order valence-electron chi connectivity index (χ4n) is 1.93. The molecule has 1 aliphatic carbocycles. The summed E-state index contributed by atoms with van der Waals surface area (Å²) >= 11 is 0. The Bertz CT molecular complexity index is 313. The van der Waals surface area contributed by atoms with Gasteiger partial charge in [-0.15, -0.1) is 0 Å². The molecule has 0 radical (unpaired) electrons. The van der Waals surface area contributed by atoms with Crippen molar-refractivity contribution in [2.45, 2.75) is 73.8 Å². The molecule has 0 unspecified atom stereocenters. The lowest BCUT2D eigenvalue weighted by molar-refractivity contribution is -0.150. The average molecular weight is 253 g/mol. The molecule has 0 spiro atoms. The van der Waals surface area contributed by atoms with Crippen LogP contribution in [0.15, 0.2) is 0 Å². The van der Waals surface area contributed by atoms with Crippen molar-refractivity contribution in [3.8, 4) is 0 Å². The molecule has 0 aliphatic heterocycles. The quantitative estimate of drug-likeness (QED) is 0.741. The second kappa shape index (κ2) is 4.54. The first-order valence-corrected chi connectivity index (χ1v) is 7.19. The summed E-state index contributed by atoms with van der Waals surface area (Å²) < 4.78 is 0. The Morgan fingerprint density at radius 3 is 1.72 bits per heavy atom. The van der Waals surface area contributed by atoms with Gasteiger partial charge in [0.2, 0.25) is 5.91 Å². The molecule has 0 heterocycles. The van der Waals surface area contributed by atoms with Crippen LogP contribution in [0.25, 0.3) is 0 Å². The molecule has 1 aliphatic rings. The molecular weight excluding hydrogens is 222 g/mol. The molecule has 0 aromatic rings. The van der Waals surface area contributed by atoms with Crippen LogP contribution >= 0.6 is 0 Å². The standard InChI is InChI=1S/C16H31NO/c1-14(2,3)13(18)17(11-12-9-10-12)16(7,8)15(4,5)6/h12H,9-11H2,1-8H3. The fraction of sp³-hybridized carbons (Fsp3) is 0.938. The molecule has 0 saturated heterocycles. The number of carbonyl (C=O) groups is 1. The largest absolute Gasteiger partial charge is 0.336 e. The van der Waals surface area contributed by atoms with Gasteiger partial charge in [0.05, 0.1) is 0 Å². The van der Waals surface area contributed by atoms with Crippen molar-refractivity contribution in [1.29, 1.82) is 0 Å². The summed E-state index contributed by atoms with van der Waals surface area (Å²) in [6.45, 7) is 18.1. The first-order chi connectivity index (χ1) is 7.87. The third-order valence-corrected chi connectivity index (χ3v) is 4.53. The van der Waals surface area contributed by atoms with Gasteiger partial charge in [-0.2, -0.15) is 0 Å². The second-order valence-corrected chi connectivity index (χ2v) is 8.42. The average Bonchev–Trinajstić information content (AvgIpc) is 2.92. The minimum atomic E-state index is -0.294. The number of amides is 1. The van der Waals surface area contributed by atoms with Crippen molar-refractivity contribution in [2.75, 3.05) is 6.54 Å². The fourth-order valence-corrected chi connectivity index (χ4v) is 1.93. The van der Waals surface area contributed by atoms with Crippen LogP contribution in [0.5, 0.6) is 0 Å². The Kier molecular flexibility index (Phi) is 3.92. The van der Waals surface area contributed by atoms with Crippen LogP contribution < -0.4 is 0 Å². The summed E-state index contributed by atoms with van der Waals surface area (Å²) in [5.74, 6) is 1.02. The van der Waals surface area contributed by atoms with Crippen molar-refractivity contribution < 1.29 is 4.79 Å². The lowest BCUT2D eigenvalue weighted by atomic mass is 9.74. The van der Waals surface area contributed by atoms with Gasteiger partial charge in [0.25, 0.3) is 0 Å². The van der Waals surface area contributed by atoms with Gasteiger partial charge in [-0.1, -0.05) is 41.5 Å². The van der Waals surface area contributed by atoms with Gasteiger partial charge in [0.15, 0.2) is 0 Å². The highest BCUT2D eigenvalue weighted by Crippen LogP contribution is 2.40. The molecule has 0 bridgehead atoms. The minimum Gasteiger partial charge on any atom is -0.336 e. The molecule has 106 valence electrons. The summed E-state index contributed by atoms with van der Waals surface area (Å²) in [5.41, 5.74) is -0.319. The Labute approximate surface area is 113 Å². The molecule has 2 nitrogen and oxygen atoms in total. The molecule has 0 N–H and O–H groups in total.